The van der Waals surface area contributed by atoms with Gasteiger partial charge in [-0.25, -0.2) is 4.39 Å². The zero-order valence-corrected chi connectivity index (χ0v) is 16.2. The predicted octanol–water partition coefficient (Wildman–Crippen LogP) is 4.43. The zero-order chi connectivity index (χ0) is 21.1. The summed E-state index contributed by atoms with van der Waals surface area (Å²) in [6.45, 7) is 7.02. The van der Waals surface area contributed by atoms with Crippen LogP contribution in [-0.2, 0) is 0 Å². The quantitative estimate of drug-likeness (QED) is 0.610. The highest BCUT2D eigenvalue weighted by Gasteiger charge is 2.34. The van der Waals surface area contributed by atoms with E-state index in [0.29, 0.717) is 6.42 Å². The monoisotopic (exact) mass is 403 g/mol. The molecule has 1 unspecified atom stereocenters. The second-order valence-electron chi connectivity index (χ2n) is 7.04. The molecular formula is C18H25F4N5O. The average Bonchev–Trinajstić information content (AvgIpc) is 2.60. The summed E-state index contributed by atoms with van der Waals surface area (Å²) in [4.78, 5) is 12.2. The molecule has 0 spiro atoms. The summed E-state index contributed by atoms with van der Waals surface area (Å²) in [5.41, 5.74) is -0.955. The van der Waals surface area contributed by atoms with E-state index in [1.165, 1.54) is 6.92 Å². The van der Waals surface area contributed by atoms with E-state index < -0.39 is 23.8 Å². The topological polar surface area (TPSA) is 83.0 Å². The van der Waals surface area contributed by atoms with Gasteiger partial charge in [-0.3, -0.25) is 0 Å². The molecule has 1 aliphatic carbocycles. The van der Waals surface area contributed by atoms with Crippen molar-refractivity contribution >= 4 is 17.5 Å². The number of nitrogens with zero attached hydrogens (tertiary/aromatic N) is 3. The highest BCUT2D eigenvalue weighted by atomic mass is 19.4. The molecule has 0 bridgehead atoms. The lowest BCUT2D eigenvalue weighted by Crippen LogP contribution is -2.25. The Labute approximate surface area is 161 Å². The fourth-order valence-electron chi connectivity index (χ4n) is 2.57. The molecule has 28 heavy (non-hydrogen) atoms. The summed E-state index contributed by atoms with van der Waals surface area (Å²) >= 11 is 0. The van der Waals surface area contributed by atoms with Gasteiger partial charge in [0, 0.05) is 11.6 Å². The number of aliphatic hydroxyl groups is 1. The van der Waals surface area contributed by atoms with E-state index in [9.17, 15) is 22.7 Å². The molecule has 156 valence electrons. The van der Waals surface area contributed by atoms with Crippen molar-refractivity contribution in [1.82, 2.24) is 15.0 Å². The van der Waals surface area contributed by atoms with Gasteiger partial charge in [-0.2, -0.15) is 28.1 Å². The number of anilines is 2. The summed E-state index contributed by atoms with van der Waals surface area (Å²) in [6, 6.07) is -0.0809. The Morgan fingerprint density at radius 1 is 1.18 bits per heavy atom. The molecule has 0 radical (unpaired) electrons. The Balaban J connectivity index is 2.48. The van der Waals surface area contributed by atoms with E-state index >= 15 is 0 Å². The van der Waals surface area contributed by atoms with Gasteiger partial charge in [-0.15, -0.1) is 0 Å². The summed E-state index contributed by atoms with van der Waals surface area (Å²) in [6.07, 6.45) is -3.95. The maximum absolute atomic E-state index is 14.4. The van der Waals surface area contributed by atoms with Crippen molar-refractivity contribution in [3.05, 3.63) is 23.4 Å². The molecule has 1 aromatic rings. The van der Waals surface area contributed by atoms with Crippen molar-refractivity contribution in [2.45, 2.75) is 65.3 Å². The van der Waals surface area contributed by atoms with Crippen molar-refractivity contribution in [2.75, 3.05) is 10.6 Å². The molecule has 0 saturated heterocycles. The van der Waals surface area contributed by atoms with Gasteiger partial charge in [0.15, 0.2) is 5.82 Å². The fourth-order valence-corrected chi connectivity index (χ4v) is 2.57. The lowest BCUT2D eigenvalue weighted by molar-refractivity contribution is -0.0904. The first kappa shape index (κ1) is 22.1. The SMILES string of the molecule is CC=C(Nc1nc(N[C@@H](C)C(C)C)nc(C2=C(F)C(O)CCC2)n1)C(F)(F)F. The van der Waals surface area contributed by atoms with Gasteiger partial charge in [0.2, 0.25) is 11.9 Å². The lowest BCUT2D eigenvalue weighted by Gasteiger charge is -2.21. The first-order valence-corrected chi connectivity index (χ1v) is 9.13. The average molecular weight is 403 g/mol. The Kier molecular flexibility index (Phi) is 6.97. The number of nitrogens with one attached hydrogen (secondary N) is 2. The summed E-state index contributed by atoms with van der Waals surface area (Å²) in [5.74, 6) is -0.968. The van der Waals surface area contributed by atoms with Crippen LogP contribution in [0.1, 0.15) is 52.8 Å². The minimum Gasteiger partial charge on any atom is -0.386 e. The van der Waals surface area contributed by atoms with Crippen LogP contribution < -0.4 is 10.6 Å². The first-order chi connectivity index (χ1) is 13.0. The number of aromatic nitrogens is 3. The summed E-state index contributed by atoms with van der Waals surface area (Å²) in [5, 5.41) is 14.9. The lowest BCUT2D eigenvalue weighted by atomic mass is 9.96. The van der Waals surface area contributed by atoms with Crippen molar-refractivity contribution in [3.8, 4) is 0 Å². The van der Waals surface area contributed by atoms with Crippen molar-refractivity contribution in [1.29, 1.82) is 0 Å². The van der Waals surface area contributed by atoms with Crippen LogP contribution in [0, 0.1) is 5.92 Å². The molecule has 3 N–H and O–H groups in total. The fraction of sp³-hybridized carbons (Fsp3) is 0.611. The van der Waals surface area contributed by atoms with Crippen molar-refractivity contribution in [3.63, 3.8) is 0 Å². The Hall–Kier alpha value is -2.23. The molecule has 6 nitrogen and oxygen atoms in total. The van der Waals surface area contributed by atoms with Gasteiger partial charge in [0.25, 0.3) is 0 Å². The Morgan fingerprint density at radius 3 is 2.39 bits per heavy atom. The standard InChI is InChI=1S/C18H25F4N5O/c1-5-13(18(20,21)22)24-17-26-15(11-7-6-8-12(28)14(11)19)25-16(27-17)23-10(4)9(2)3/h5,9-10,12,28H,6-8H2,1-4H3,(H2,23,24,25,26,27)/t10-,12?/m0/s1. The Morgan fingerprint density at radius 2 is 1.82 bits per heavy atom. The van der Waals surface area contributed by atoms with E-state index in [2.05, 4.69) is 25.6 Å². The molecule has 0 saturated carbocycles. The highest BCUT2D eigenvalue weighted by molar-refractivity contribution is 5.65. The number of hydrogen-bond donors (Lipinski definition) is 3. The summed E-state index contributed by atoms with van der Waals surface area (Å²) < 4.78 is 53.6. The van der Waals surface area contributed by atoms with Crippen LogP contribution in [0.25, 0.3) is 5.57 Å². The molecule has 2 atom stereocenters. The van der Waals surface area contributed by atoms with E-state index in [1.807, 2.05) is 20.8 Å². The third-order valence-electron chi connectivity index (χ3n) is 4.59. The van der Waals surface area contributed by atoms with Crippen molar-refractivity contribution < 1.29 is 22.7 Å². The van der Waals surface area contributed by atoms with Gasteiger partial charge in [-0.1, -0.05) is 19.9 Å². The van der Waals surface area contributed by atoms with Crippen LogP contribution in [0.3, 0.4) is 0 Å². The van der Waals surface area contributed by atoms with E-state index in [4.69, 9.17) is 0 Å². The van der Waals surface area contributed by atoms with Crippen LogP contribution in [0.2, 0.25) is 0 Å². The molecule has 2 rings (SSSR count). The number of rotatable bonds is 6. The largest absolute Gasteiger partial charge is 0.431 e. The van der Waals surface area contributed by atoms with Crippen LogP contribution >= 0.6 is 0 Å². The number of hydrogen-bond acceptors (Lipinski definition) is 6. The van der Waals surface area contributed by atoms with Crippen LogP contribution in [0.15, 0.2) is 17.6 Å². The number of aliphatic hydroxyl groups excluding tert-OH is 1. The third-order valence-corrected chi connectivity index (χ3v) is 4.59. The van der Waals surface area contributed by atoms with Crippen LogP contribution in [0.4, 0.5) is 29.5 Å². The predicted molar refractivity (Wildman–Crippen MR) is 99.1 cm³/mol. The maximum Gasteiger partial charge on any atom is 0.431 e. The second kappa shape index (κ2) is 8.85. The number of allylic oxidation sites excluding steroid dienone is 3. The zero-order valence-electron chi connectivity index (χ0n) is 16.2. The number of alkyl halides is 3. The smallest absolute Gasteiger partial charge is 0.386 e. The van der Waals surface area contributed by atoms with Crippen LogP contribution in [0.5, 0.6) is 0 Å². The number of halogens is 4. The molecule has 10 heteroatoms. The van der Waals surface area contributed by atoms with Crippen molar-refractivity contribution in [2.24, 2.45) is 5.92 Å². The molecule has 1 heterocycles. The molecule has 1 aliphatic rings. The molecule has 1 aromatic heterocycles. The molecule has 0 amide bonds. The normalized spacial score (nSPS) is 19.8. The molecule has 0 aromatic carbocycles. The molecule has 0 fully saturated rings. The van der Waals surface area contributed by atoms with Gasteiger partial charge in [0.05, 0.1) is 0 Å². The minimum atomic E-state index is -4.62. The maximum atomic E-state index is 14.4. The minimum absolute atomic E-state index is 0.0340. The van der Waals surface area contributed by atoms with E-state index in [-0.39, 0.29) is 48.1 Å². The van der Waals surface area contributed by atoms with Gasteiger partial charge >= 0.3 is 6.18 Å². The Bertz CT molecular complexity index is 761. The molecular weight excluding hydrogens is 378 g/mol. The van der Waals surface area contributed by atoms with E-state index in [0.717, 1.165) is 6.08 Å². The van der Waals surface area contributed by atoms with Gasteiger partial charge in [0.1, 0.15) is 17.6 Å². The third kappa shape index (κ3) is 5.40. The highest BCUT2D eigenvalue weighted by Crippen LogP contribution is 2.33. The summed E-state index contributed by atoms with van der Waals surface area (Å²) in [7, 11) is 0. The second-order valence-corrected chi connectivity index (χ2v) is 7.04. The van der Waals surface area contributed by atoms with Gasteiger partial charge in [-0.05, 0) is 39.0 Å². The van der Waals surface area contributed by atoms with Crippen LogP contribution in [-0.4, -0.2) is 38.4 Å². The molecule has 0 aliphatic heterocycles. The van der Waals surface area contributed by atoms with Gasteiger partial charge < -0.3 is 15.7 Å². The van der Waals surface area contributed by atoms with E-state index in [1.54, 1.807) is 0 Å². The first-order valence-electron chi connectivity index (χ1n) is 9.13.